The quantitative estimate of drug-likeness (QED) is 0.692. The molecular weight excluding hydrogens is 220 g/mol. The third kappa shape index (κ3) is 5.33. The van der Waals surface area contributed by atoms with Crippen molar-refractivity contribution in [1.82, 2.24) is 5.32 Å². The zero-order valence-corrected chi connectivity index (χ0v) is 10.2. The first kappa shape index (κ1) is 13.5. The minimum absolute atomic E-state index is 0.0632. The smallest absolute Gasteiger partial charge is 0.250 e. The first-order valence-corrected chi connectivity index (χ1v) is 5.42. The molecule has 0 aromatic heterocycles. The molecule has 1 amide bonds. The van der Waals surface area contributed by atoms with E-state index in [9.17, 15) is 4.79 Å². The molecule has 0 fully saturated rings. The molecular formula is C12H18N2O3. The van der Waals surface area contributed by atoms with Crippen LogP contribution in [0.15, 0.2) is 24.3 Å². The van der Waals surface area contributed by atoms with Crippen LogP contribution in [0.5, 0.6) is 5.75 Å². The Bertz CT molecular complexity index is 338. The fraction of sp³-hybridized carbons (Fsp3) is 0.417. The van der Waals surface area contributed by atoms with Gasteiger partial charge in [-0.15, -0.1) is 0 Å². The SMILES string of the molecule is CNCCOCC(=O)Nc1ccc(OC)cc1. The van der Waals surface area contributed by atoms with E-state index >= 15 is 0 Å². The summed E-state index contributed by atoms with van der Waals surface area (Å²) in [7, 11) is 3.43. The van der Waals surface area contributed by atoms with Gasteiger partial charge in [-0.2, -0.15) is 0 Å². The van der Waals surface area contributed by atoms with Crippen molar-refractivity contribution in [2.75, 3.05) is 39.2 Å². The maximum Gasteiger partial charge on any atom is 0.250 e. The lowest BCUT2D eigenvalue weighted by atomic mass is 10.3. The summed E-state index contributed by atoms with van der Waals surface area (Å²) in [6.45, 7) is 1.32. The minimum atomic E-state index is -0.161. The van der Waals surface area contributed by atoms with Crippen LogP contribution in [0.1, 0.15) is 0 Å². The molecule has 0 spiro atoms. The van der Waals surface area contributed by atoms with Crippen molar-refractivity contribution in [2.45, 2.75) is 0 Å². The summed E-state index contributed by atoms with van der Waals surface area (Å²) in [5.41, 5.74) is 0.730. The fourth-order valence-corrected chi connectivity index (χ4v) is 1.21. The maximum atomic E-state index is 11.4. The van der Waals surface area contributed by atoms with Crippen molar-refractivity contribution in [3.8, 4) is 5.75 Å². The second-order valence-corrected chi connectivity index (χ2v) is 3.43. The zero-order chi connectivity index (χ0) is 12.5. The molecule has 1 rings (SSSR count). The summed E-state index contributed by atoms with van der Waals surface area (Å²) in [4.78, 5) is 11.4. The minimum Gasteiger partial charge on any atom is -0.497 e. The van der Waals surface area contributed by atoms with Gasteiger partial charge in [0.15, 0.2) is 0 Å². The lowest BCUT2D eigenvalue weighted by molar-refractivity contribution is -0.120. The van der Waals surface area contributed by atoms with Gasteiger partial charge in [-0.05, 0) is 31.3 Å². The number of rotatable bonds is 7. The van der Waals surface area contributed by atoms with E-state index in [1.807, 2.05) is 7.05 Å². The lowest BCUT2D eigenvalue weighted by Gasteiger charge is -2.06. The largest absolute Gasteiger partial charge is 0.497 e. The molecule has 0 aliphatic carbocycles. The number of hydrogen-bond acceptors (Lipinski definition) is 4. The molecule has 1 aromatic carbocycles. The third-order valence-corrected chi connectivity index (χ3v) is 2.10. The van der Waals surface area contributed by atoms with Crippen molar-refractivity contribution in [3.05, 3.63) is 24.3 Å². The van der Waals surface area contributed by atoms with Crippen molar-refractivity contribution in [1.29, 1.82) is 0 Å². The van der Waals surface area contributed by atoms with Gasteiger partial charge in [-0.1, -0.05) is 0 Å². The predicted octanol–water partition coefficient (Wildman–Crippen LogP) is 0.870. The van der Waals surface area contributed by atoms with Gasteiger partial charge in [-0.3, -0.25) is 4.79 Å². The van der Waals surface area contributed by atoms with Gasteiger partial charge in [0.2, 0.25) is 5.91 Å². The monoisotopic (exact) mass is 238 g/mol. The molecule has 94 valence electrons. The van der Waals surface area contributed by atoms with Gasteiger partial charge >= 0.3 is 0 Å². The van der Waals surface area contributed by atoms with Crippen LogP contribution in [-0.2, 0) is 9.53 Å². The Morgan fingerprint density at radius 3 is 2.59 bits per heavy atom. The molecule has 5 nitrogen and oxygen atoms in total. The molecule has 0 unspecified atom stereocenters. The molecule has 0 heterocycles. The predicted molar refractivity (Wildman–Crippen MR) is 66.4 cm³/mol. The number of amides is 1. The molecule has 0 bridgehead atoms. The van der Waals surface area contributed by atoms with Crippen LogP contribution in [0.4, 0.5) is 5.69 Å². The number of benzene rings is 1. The molecule has 0 saturated carbocycles. The first-order valence-electron chi connectivity index (χ1n) is 5.42. The number of carbonyl (C=O) groups is 1. The highest BCUT2D eigenvalue weighted by Gasteiger charge is 2.02. The summed E-state index contributed by atoms with van der Waals surface area (Å²) >= 11 is 0. The Kier molecular flexibility index (Phi) is 6.06. The molecule has 0 saturated heterocycles. The number of methoxy groups -OCH3 is 1. The molecule has 1 aromatic rings. The summed E-state index contributed by atoms with van der Waals surface area (Å²) in [5.74, 6) is 0.597. The van der Waals surface area contributed by atoms with Gasteiger partial charge in [0.1, 0.15) is 12.4 Å². The van der Waals surface area contributed by atoms with Gasteiger partial charge in [0.25, 0.3) is 0 Å². The van der Waals surface area contributed by atoms with Crippen LogP contribution in [0.2, 0.25) is 0 Å². The number of carbonyl (C=O) groups excluding carboxylic acids is 1. The molecule has 17 heavy (non-hydrogen) atoms. The number of likely N-dealkylation sites (N-methyl/N-ethyl adjacent to an activating group) is 1. The van der Waals surface area contributed by atoms with Gasteiger partial charge in [0.05, 0.1) is 13.7 Å². The lowest BCUT2D eigenvalue weighted by Crippen LogP contribution is -2.21. The van der Waals surface area contributed by atoms with E-state index < -0.39 is 0 Å². The average Bonchev–Trinajstić information content (AvgIpc) is 2.36. The topological polar surface area (TPSA) is 59.6 Å². The van der Waals surface area contributed by atoms with E-state index in [2.05, 4.69) is 10.6 Å². The molecule has 0 aliphatic rings. The molecule has 0 atom stereocenters. The Labute approximate surface area is 101 Å². The van der Waals surface area contributed by atoms with Crippen LogP contribution in [0.25, 0.3) is 0 Å². The maximum absolute atomic E-state index is 11.4. The summed E-state index contributed by atoms with van der Waals surface area (Å²) in [5, 5.41) is 5.66. The third-order valence-electron chi connectivity index (χ3n) is 2.10. The Morgan fingerprint density at radius 2 is 2.00 bits per heavy atom. The van der Waals surface area contributed by atoms with Crippen molar-refractivity contribution in [3.63, 3.8) is 0 Å². The number of anilines is 1. The van der Waals surface area contributed by atoms with E-state index in [1.165, 1.54) is 0 Å². The fourth-order valence-electron chi connectivity index (χ4n) is 1.21. The highest BCUT2D eigenvalue weighted by molar-refractivity contribution is 5.91. The van der Waals surface area contributed by atoms with Crippen molar-refractivity contribution in [2.24, 2.45) is 0 Å². The summed E-state index contributed by atoms with van der Waals surface area (Å²) in [6, 6.07) is 7.14. The molecule has 5 heteroatoms. The van der Waals surface area contributed by atoms with E-state index in [0.717, 1.165) is 18.0 Å². The molecule has 0 radical (unpaired) electrons. The summed E-state index contributed by atoms with van der Waals surface area (Å²) in [6.07, 6.45) is 0. The summed E-state index contributed by atoms with van der Waals surface area (Å²) < 4.78 is 10.2. The average molecular weight is 238 g/mol. The first-order chi connectivity index (χ1) is 8.26. The Morgan fingerprint density at radius 1 is 1.29 bits per heavy atom. The van der Waals surface area contributed by atoms with Crippen molar-refractivity contribution >= 4 is 11.6 Å². The highest BCUT2D eigenvalue weighted by Crippen LogP contribution is 2.14. The second-order valence-electron chi connectivity index (χ2n) is 3.43. The normalized spacial score (nSPS) is 10.0. The Balaban J connectivity index is 2.29. The van der Waals surface area contributed by atoms with Crippen LogP contribution in [0, 0.1) is 0 Å². The van der Waals surface area contributed by atoms with Crippen molar-refractivity contribution < 1.29 is 14.3 Å². The van der Waals surface area contributed by atoms with E-state index in [1.54, 1.807) is 31.4 Å². The van der Waals surface area contributed by atoms with Crippen LogP contribution < -0.4 is 15.4 Å². The van der Waals surface area contributed by atoms with Crippen LogP contribution in [0.3, 0.4) is 0 Å². The van der Waals surface area contributed by atoms with Crippen LogP contribution >= 0.6 is 0 Å². The highest BCUT2D eigenvalue weighted by atomic mass is 16.5. The van der Waals surface area contributed by atoms with Gasteiger partial charge < -0.3 is 20.1 Å². The number of hydrogen-bond donors (Lipinski definition) is 2. The molecule has 2 N–H and O–H groups in total. The Hall–Kier alpha value is -1.59. The number of nitrogens with one attached hydrogen (secondary N) is 2. The number of ether oxygens (including phenoxy) is 2. The second kappa shape index (κ2) is 7.65. The molecule has 0 aliphatic heterocycles. The van der Waals surface area contributed by atoms with E-state index in [4.69, 9.17) is 9.47 Å². The van der Waals surface area contributed by atoms with Gasteiger partial charge in [-0.25, -0.2) is 0 Å². The van der Waals surface area contributed by atoms with E-state index in [0.29, 0.717) is 6.61 Å². The zero-order valence-electron chi connectivity index (χ0n) is 10.2. The van der Waals surface area contributed by atoms with Gasteiger partial charge in [0, 0.05) is 12.2 Å². The van der Waals surface area contributed by atoms with Crippen LogP contribution in [-0.4, -0.2) is 39.8 Å². The standard InChI is InChI=1S/C12H18N2O3/c1-13-7-8-17-9-12(15)14-10-3-5-11(16-2)6-4-10/h3-6,13H,7-9H2,1-2H3,(H,14,15). The van der Waals surface area contributed by atoms with E-state index in [-0.39, 0.29) is 12.5 Å².